The fraction of sp³-hybridized carbons (Fsp3) is 0.208. The quantitative estimate of drug-likeness (QED) is 0.317. The van der Waals surface area contributed by atoms with E-state index in [9.17, 15) is 9.59 Å². The van der Waals surface area contributed by atoms with E-state index in [1.54, 1.807) is 29.2 Å². The molecule has 5 rings (SSSR count). The molecular weight excluding hydrogens is 522 g/mol. The van der Waals surface area contributed by atoms with Crippen molar-refractivity contribution in [3.05, 3.63) is 69.0 Å². The number of benzene rings is 2. The van der Waals surface area contributed by atoms with E-state index in [0.717, 1.165) is 40.7 Å². The number of amides is 2. The van der Waals surface area contributed by atoms with Crippen LogP contribution in [0.5, 0.6) is 0 Å². The lowest BCUT2D eigenvalue weighted by molar-refractivity contribution is 0.102. The zero-order valence-corrected chi connectivity index (χ0v) is 21.0. The zero-order chi connectivity index (χ0) is 22.9. The van der Waals surface area contributed by atoms with Crippen LogP contribution in [0.15, 0.2) is 53.0 Å². The SMILES string of the molecule is CCOC(=O)N1CCc2c(sc(NC(=O)c3ccccc3Br)c2-c2nc3ccccc3s2)C1. The van der Waals surface area contributed by atoms with Crippen molar-refractivity contribution in [1.29, 1.82) is 0 Å². The Labute approximate surface area is 207 Å². The smallest absolute Gasteiger partial charge is 0.410 e. The lowest BCUT2D eigenvalue weighted by atomic mass is 10.0. The predicted molar refractivity (Wildman–Crippen MR) is 136 cm³/mol. The number of aromatic nitrogens is 1. The minimum absolute atomic E-state index is 0.189. The van der Waals surface area contributed by atoms with Gasteiger partial charge in [0, 0.05) is 21.5 Å². The Morgan fingerprint density at radius 1 is 1.15 bits per heavy atom. The van der Waals surface area contributed by atoms with E-state index in [0.29, 0.717) is 31.7 Å². The van der Waals surface area contributed by atoms with E-state index in [-0.39, 0.29) is 12.0 Å². The Hall–Kier alpha value is -2.75. The average molecular weight is 542 g/mol. The molecule has 0 bridgehead atoms. The number of thiazole rings is 1. The zero-order valence-electron chi connectivity index (χ0n) is 17.8. The number of carbonyl (C=O) groups is 2. The summed E-state index contributed by atoms with van der Waals surface area (Å²) in [5.74, 6) is -0.189. The van der Waals surface area contributed by atoms with Gasteiger partial charge in [-0.15, -0.1) is 22.7 Å². The highest BCUT2D eigenvalue weighted by Crippen LogP contribution is 2.46. The average Bonchev–Trinajstić information content (AvgIpc) is 3.39. The molecule has 9 heteroatoms. The Morgan fingerprint density at radius 2 is 1.94 bits per heavy atom. The molecule has 6 nitrogen and oxygen atoms in total. The summed E-state index contributed by atoms with van der Waals surface area (Å²) in [6.45, 7) is 3.18. The third-order valence-electron chi connectivity index (χ3n) is 5.44. The number of nitrogens with one attached hydrogen (secondary N) is 1. The first-order valence-electron chi connectivity index (χ1n) is 10.5. The lowest BCUT2D eigenvalue weighted by Crippen LogP contribution is -2.35. The Balaban J connectivity index is 1.56. The van der Waals surface area contributed by atoms with E-state index in [1.165, 1.54) is 11.3 Å². The van der Waals surface area contributed by atoms with Crippen molar-refractivity contribution in [2.75, 3.05) is 18.5 Å². The van der Waals surface area contributed by atoms with Gasteiger partial charge in [-0.2, -0.15) is 0 Å². The third kappa shape index (κ3) is 4.28. The number of para-hydroxylation sites is 1. The van der Waals surface area contributed by atoms with Crippen LogP contribution in [-0.2, 0) is 17.7 Å². The maximum atomic E-state index is 13.1. The minimum Gasteiger partial charge on any atom is -0.450 e. The van der Waals surface area contributed by atoms with Gasteiger partial charge in [0.25, 0.3) is 5.91 Å². The molecule has 2 amide bonds. The number of anilines is 1. The molecule has 1 aliphatic rings. The molecule has 2 aromatic heterocycles. The first-order valence-corrected chi connectivity index (χ1v) is 13.0. The number of hydrogen-bond donors (Lipinski definition) is 1. The molecule has 4 aromatic rings. The monoisotopic (exact) mass is 541 g/mol. The maximum absolute atomic E-state index is 13.1. The van der Waals surface area contributed by atoms with Gasteiger partial charge in [0.05, 0.1) is 28.9 Å². The molecule has 0 saturated heterocycles. The molecule has 0 spiro atoms. The van der Waals surface area contributed by atoms with E-state index in [2.05, 4.69) is 27.3 Å². The molecule has 1 N–H and O–H groups in total. The number of rotatable bonds is 4. The maximum Gasteiger partial charge on any atom is 0.410 e. The van der Waals surface area contributed by atoms with Crippen LogP contribution in [0.4, 0.5) is 9.80 Å². The Morgan fingerprint density at radius 3 is 2.73 bits per heavy atom. The van der Waals surface area contributed by atoms with Crippen LogP contribution in [0.25, 0.3) is 20.8 Å². The van der Waals surface area contributed by atoms with Gasteiger partial charge >= 0.3 is 6.09 Å². The van der Waals surface area contributed by atoms with Gasteiger partial charge < -0.3 is 15.0 Å². The van der Waals surface area contributed by atoms with Gasteiger partial charge in [-0.25, -0.2) is 9.78 Å². The highest BCUT2D eigenvalue weighted by molar-refractivity contribution is 9.10. The highest BCUT2D eigenvalue weighted by atomic mass is 79.9. The standard InChI is InChI=1S/C24H20BrN3O3S2/c1-2-31-24(30)28-12-11-15-19(13-28)33-23(27-21(29)14-7-3-4-8-16(14)25)20(15)22-26-17-9-5-6-10-18(17)32-22/h3-10H,2,11-13H2,1H3,(H,27,29). The van der Waals surface area contributed by atoms with Gasteiger partial charge in [0.2, 0.25) is 0 Å². The molecule has 3 heterocycles. The molecule has 0 aliphatic carbocycles. The normalized spacial score (nSPS) is 13.1. The van der Waals surface area contributed by atoms with Crippen molar-refractivity contribution in [2.24, 2.45) is 0 Å². The van der Waals surface area contributed by atoms with Gasteiger partial charge in [-0.1, -0.05) is 24.3 Å². The van der Waals surface area contributed by atoms with Crippen molar-refractivity contribution in [1.82, 2.24) is 9.88 Å². The molecule has 168 valence electrons. The number of ether oxygens (including phenoxy) is 1. The molecule has 1 aliphatic heterocycles. The molecule has 0 atom stereocenters. The molecule has 33 heavy (non-hydrogen) atoms. The van der Waals surface area contributed by atoms with Gasteiger partial charge in [0.1, 0.15) is 10.0 Å². The highest BCUT2D eigenvalue weighted by Gasteiger charge is 2.30. The number of carbonyl (C=O) groups excluding carboxylic acids is 2. The first kappa shape index (κ1) is 22.1. The number of thiophene rings is 1. The van der Waals surface area contributed by atoms with E-state index in [1.807, 2.05) is 36.4 Å². The number of halogens is 1. The molecular formula is C24H20BrN3O3S2. The second-order valence-electron chi connectivity index (χ2n) is 7.50. The largest absolute Gasteiger partial charge is 0.450 e. The van der Waals surface area contributed by atoms with Gasteiger partial charge in [-0.05, 0) is 59.1 Å². The fourth-order valence-corrected chi connectivity index (χ4v) is 6.72. The Kier molecular flexibility index (Phi) is 6.18. The second kappa shape index (κ2) is 9.24. The summed E-state index contributed by atoms with van der Waals surface area (Å²) in [6.07, 6.45) is 0.373. The summed E-state index contributed by atoms with van der Waals surface area (Å²) in [5, 5.41) is 4.75. The van der Waals surface area contributed by atoms with Crippen LogP contribution >= 0.6 is 38.6 Å². The van der Waals surface area contributed by atoms with Gasteiger partial charge in [-0.3, -0.25) is 4.79 Å². The minimum atomic E-state index is -0.308. The van der Waals surface area contributed by atoms with Crippen LogP contribution in [-0.4, -0.2) is 35.0 Å². The van der Waals surface area contributed by atoms with Crippen molar-refractivity contribution in [3.63, 3.8) is 0 Å². The molecule has 0 radical (unpaired) electrons. The summed E-state index contributed by atoms with van der Waals surface area (Å²) in [4.78, 5) is 33.1. The van der Waals surface area contributed by atoms with E-state index < -0.39 is 0 Å². The topological polar surface area (TPSA) is 71.5 Å². The molecule has 0 unspecified atom stereocenters. The van der Waals surface area contributed by atoms with Crippen LogP contribution in [0.1, 0.15) is 27.7 Å². The summed E-state index contributed by atoms with van der Waals surface area (Å²) < 4.78 is 7.03. The van der Waals surface area contributed by atoms with E-state index >= 15 is 0 Å². The van der Waals surface area contributed by atoms with Crippen molar-refractivity contribution in [2.45, 2.75) is 19.9 Å². The van der Waals surface area contributed by atoms with Crippen LogP contribution in [0.2, 0.25) is 0 Å². The summed E-state index contributed by atoms with van der Waals surface area (Å²) in [6, 6.07) is 15.4. The number of nitrogens with zero attached hydrogens (tertiary/aromatic N) is 2. The molecule has 0 fully saturated rings. The first-order chi connectivity index (χ1) is 16.0. The second-order valence-corrected chi connectivity index (χ2v) is 10.5. The van der Waals surface area contributed by atoms with Gasteiger partial charge in [0.15, 0.2) is 0 Å². The van der Waals surface area contributed by atoms with Crippen molar-refractivity contribution < 1.29 is 14.3 Å². The van der Waals surface area contributed by atoms with Crippen molar-refractivity contribution in [3.8, 4) is 10.6 Å². The molecule has 2 aromatic carbocycles. The predicted octanol–water partition coefficient (Wildman–Crippen LogP) is 6.55. The fourth-order valence-electron chi connectivity index (χ4n) is 3.88. The lowest BCUT2D eigenvalue weighted by Gasteiger charge is -2.26. The van der Waals surface area contributed by atoms with Crippen LogP contribution in [0, 0.1) is 0 Å². The summed E-state index contributed by atoms with van der Waals surface area (Å²) in [7, 11) is 0. The number of hydrogen-bond acceptors (Lipinski definition) is 6. The van der Waals surface area contributed by atoms with E-state index in [4.69, 9.17) is 9.72 Å². The van der Waals surface area contributed by atoms with Crippen LogP contribution in [0.3, 0.4) is 0 Å². The Bertz CT molecular complexity index is 1330. The van der Waals surface area contributed by atoms with Crippen molar-refractivity contribution >= 4 is 65.8 Å². The van der Waals surface area contributed by atoms with Crippen LogP contribution < -0.4 is 5.32 Å². The summed E-state index contributed by atoms with van der Waals surface area (Å²) in [5.41, 5.74) is 3.60. The summed E-state index contributed by atoms with van der Waals surface area (Å²) >= 11 is 6.58. The molecule has 0 saturated carbocycles. The number of fused-ring (bicyclic) bond motifs is 2. The third-order valence-corrected chi connectivity index (χ3v) is 8.31.